The monoisotopic (exact) mass is 538 g/mol. The largest absolute Gasteiger partial charge is 0.465 e. The second-order valence-corrected chi connectivity index (χ2v) is 8.33. The van der Waals surface area contributed by atoms with Crippen LogP contribution < -0.4 is 5.32 Å². The highest BCUT2D eigenvalue weighted by molar-refractivity contribution is 6.31. The van der Waals surface area contributed by atoms with Crippen LogP contribution in [-0.2, 0) is 14.2 Å². The van der Waals surface area contributed by atoms with Crippen molar-refractivity contribution in [1.82, 2.24) is 10.2 Å². The van der Waals surface area contributed by atoms with Crippen molar-refractivity contribution in [2.24, 2.45) is 0 Å². The first kappa shape index (κ1) is 29.4. The molecule has 2 fully saturated rings. The van der Waals surface area contributed by atoms with Crippen LogP contribution in [0.15, 0.2) is 36.4 Å². The Kier molecular flexibility index (Phi) is 13.1. The first-order valence-electron chi connectivity index (χ1n) is 11.1. The number of halogens is 2. The van der Waals surface area contributed by atoms with Gasteiger partial charge in [-0.25, -0.2) is 4.79 Å². The number of methoxy groups -OCH3 is 1. The summed E-state index contributed by atoms with van der Waals surface area (Å²) in [5, 5.41) is 4.02. The molecule has 9 nitrogen and oxygen atoms in total. The van der Waals surface area contributed by atoms with Gasteiger partial charge in [-0.15, -0.1) is 0 Å². The Bertz CT molecular complexity index is 1030. The van der Waals surface area contributed by atoms with E-state index in [1.54, 1.807) is 17.0 Å². The third-order valence-electron chi connectivity index (χ3n) is 5.06. The van der Waals surface area contributed by atoms with Gasteiger partial charge in [-0.3, -0.25) is 14.4 Å². The van der Waals surface area contributed by atoms with E-state index < -0.39 is 5.97 Å². The molecule has 36 heavy (non-hydrogen) atoms. The Balaban J connectivity index is 0.000000211. The van der Waals surface area contributed by atoms with Gasteiger partial charge in [0.15, 0.2) is 12.6 Å². The van der Waals surface area contributed by atoms with Gasteiger partial charge in [0.1, 0.15) is 0 Å². The lowest BCUT2D eigenvalue weighted by molar-refractivity contribution is 0.0302. The molecule has 0 spiro atoms. The number of ether oxygens (including phenoxy) is 3. The number of carbonyl (C=O) groups excluding carboxylic acids is 4. The van der Waals surface area contributed by atoms with Gasteiger partial charge >= 0.3 is 5.97 Å². The maximum absolute atomic E-state index is 12.2. The Morgan fingerprint density at radius 1 is 0.861 bits per heavy atom. The molecule has 0 atom stereocenters. The summed E-state index contributed by atoms with van der Waals surface area (Å²) in [5.74, 6) is -0.689. The number of nitrogens with one attached hydrogen (secondary N) is 1. The van der Waals surface area contributed by atoms with E-state index in [-0.39, 0.29) is 17.0 Å². The summed E-state index contributed by atoms with van der Waals surface area (Å²) in [6, 6.07) is 9.11. The maximum atomic E-state index is 12.2. The number of rotatable bonds is 4. The first-order valence-corrected chi connectivity index (χ1v) is 11.9. The summed E-state index contributed by atoms with van der Waals surface area (Å²) in [7, 11) is 1.26. The Morgan fingerprint density at radius 2 is 1.36 bits per heavy atom. The number of carbonyl (C=O) groups is 4. The molecule has 1 N–H and O–H groups in total. The highest BCUT2D eigenvalue weighted by Gasteiger charge is 2.20. The fourth-order valence-corrected chi connectivity index (χ4v) is 3.57. The maximum Gasteiger partial charge on any atom is 0.338 e. The van der Waals surface area contributed by atoms with E-state index in [0.29, 0.717) is 60.0 Å². The molecule has 0 radical (unpaired) electrons. The zero-order valence-electron chi connectivity index (χ0n) is 19.8. The average molecular weight is 539 g/mol. The predicted octanol–water partition coefficient (Wildman–Crippen LogP) is 3.17. The van der Waals surface area contributed by atoms with E-state index in [1.165, 1.54) is 31.4 Å². The van der Waals surface area contributed by atoms with E-state index in [0.717, 1.165) is 26.3 Å². The molecule has 11 heteroatoms. The molecule has 0 saturated carbocycles. The standard InChI is InChI=1S/C12H12ClNO3.C9H7ClO3.C4H9NO/c13-10-1-2-11(9(7-10)8-15)12(16)14-3-5-17-6-4-14;1-13-9(12)8-3-2-7(10)4-6(8)5-11;1-3-6-4-2-5-1/h1-2,7-8H,3-6H2;2-5H,1H3;5H,1-4H2. The second kappa shape index (κ2) is 16.0. The lowest BCUT2D eigenvalue weighted by Crippen LogP contribution is -2.41. The van der Waals surface area contributed by atoms with Gasteiger partial charge in [0.25, 0.3) is 5.91 Å². The quantitative estimate of drug-likeness (QED) is 0.466. The van der Waals surface area contributed by atoms with Crippen LogP contribution in [0.3, 0.4) is 0 Å². The van der Waals surface area contributed by atoms with Gasteiger partial charge in [-0.2, -0.15) is 0 Å². The van der Waals surface area contributed by atoms with Crippen LogP contribution in [0.2, 0.25) is 10.0 Å². The van der Waals surface area contributed by atoms with Gasteiger partial charge < -0.3 is 24.4 Å². The normalized spacial score (nSPS) is 14.8. The molecule has 2 aromatic carbocycles. The van der Waals surface area contributed by atoms with Crippen molar-refractivity contribution < 1.29 is 33.4 Å². The minimum Gasteiger partial charge on any atom is -0.465 e. The van der Waals surface area contributed by atoms with E-state index >= 15 is 0 Å². The number of amides is 1. The summed E-state index contributed by atoms with van der Waals surface area (Å²) >= 11 is 11.4. The zero-order chi connectivity index (χ0) is 26.3. The molecule has 2 saturated heterocycles. The van der Waals surface area contributed by atoms with E-state index in [1.807, 2.05) is 0 Å². The molecule has 0 aromatic heterocycles. The number of hydrogen-bond donors (Lipinski definition) is 1. The molecular formula is C25H28Cl2N2O7. The summed E-state index contributed by atoms with van der Waals surface area (Å²) in [6.45, 7) is 6.02. The molecule has 2 heterocycles. The fourth-order valence-electron chi connectivity index (χ4n) is 3.21. The highest BCUT2D eigenvalue weighted by Crippen LogP contribution is 2.17. The lowest BCUT2D eigenvalue weighted by Gasteiger charge is -2.27. The van der Waals surface area contributed by atoms with Crippen molar-refractivity contribution in [2.75, 3.05) is 59.7 Å². The smallest absolute Gasteiger partial charge is 0.338 e. The van der Waals surface area contributed by atoms with Gasteiger partial charge in [0.2, 0.25) is 0 Å². The minimum atomic E-state index is -0.543. The summed E-state index contributed by atoms with van der Waals surface area (Å²) in [6.07, 6.45) is 1.22. The fraction of sp³-hybridized carbons (Fsp3) is 0.360. The topological polar surface area (TPSA) is 111 Å². The summed E-state index contributed by atoms with van der Waals surface area (Å²) in [4.78, 5) is 46.4. The molecule has 2 aromatic rings. The molecule has 0 bridgehead atoms. The van der Waals surface area contributed by atoms with E-state index in [9.17, 15) is 19.2 Å². The van der Waals surface area contributed by atoms with Crippen LogP contribution in [0.4, 0.5) is 0 Å². The van der Waals surface area contributed by atoms with Crippen molar-refractivity contribution >= 4 is 47.7 Å². The molecule has 0 unspecified atom stereocenters. The third-order valence-corrected chi connectivity index (χ3v) is 5.53. The molecule has 1 amide bonds. The van der Waals surface area contributed by atoms with E-state index in [4.69, 9.17) is 32.7 Å². The molecule has 2 aliphatic heterocycles. The number of hydrogen-bond acceptors (Lipinski definition) is 8. The number of morpholine rings is 2. The second-order valence-electron chi connectivity index (χ2n) is 7.46. The SMILES string of the molecule is C1COCCN1.COC(=O)c1ccc(Cl)cc1C=O.O=Cc1cc(Cl)ccc1C(=O)N1CCOCC1. The Hall–Kier alpha value is -2.82. The molecule has 194 valence electrons. The molecule has 0 aliphatic carbocycles. The van der Waals surface area contributed by atoms with Crippen LogP contribution in [0.25, 0.3) is 0 Å². The van der Waals surface area contributed by atoms with Crippen LogP contribution >= 0.6 is 23.2 Å². The molecular weight excluding hydrogens is 511 g/mol. The number of esters is 1. The number of nitrogens with zero attached hydrogens (tertiary/aromatic N) is 1. The van der Waals surface area contributed by atoms with Crippen molar-refractivity contribution in [2.45, 2.75) is 0 Å². The van der Waals surface area contributed by atoms with Crippen LogP contribution in [0, 0.1) is 0 Å². The molecule has 4 rings (SSSR count). The summed E-state index contributed by atoms with van der Waals surface area (Å²) < 4.78 is 14.7. The van der Waals surface area contributed by atoms with Gasteiger partial charge in [0.05, 0.1) is 44.7 Å². The predicted molar refractivity (Wildman–Crippen MR) is 135 cm³/mol. The van der Waals surface area contributed by atoms with Crippen molar-refractivity contribution in [3.05, 3.63) is 68.7 Å². The first-order chi connectivity index (χ1) is 17.4. The minimum absolute atomic E-state index is 0.146. The third kappa shape index (κ3) is 9.33. The van der Waals surface area contributed by atoms with Crippen molar-refractivity contribution in [1.29, 1.82) is 0 Å². The lowest BCUT2D eigenvalue weighted by atomic mass is 10.1. The van der Waals surface area contributed by atoms with Gasteiger partial charge in [0, 0.05) is 47.4 Å². The zero-order valence-corrected chi connectivity index (χ0v) is 21.3. The van der Waals surface area contributed by atoms with E-state index in [2.05, 4.69) is 10.1 Å². The van der Waals surface area contributed by atoms with Crippen LogP contribution in [-0.4, -0.2) is 89.1 Å². The van der Waals surface area contributed by atoms with Crippen LogP contribution in [0.1, 0.15) is 41.4 Å². The Labute approximate surface area is 219 Å². The van der Waals surface area contributed by atoms with Gasteiger partial charge in [-0.05, 0) is 36.4 Å². The molecule has 2 aliphatic rings. The number of benzene rings is 2. The Morgan fingerprint density at radius 3 is 1.81 bits per heavy atom. The van der Waals surface area contributed by atoms with Crippen molar-refractivity contribution in [3.8, 4) is 0 Å². The summed E-state index contributed by atoms with van der Waals surface area (Å²) in [5.41, 5.74) is 1.18. The van der Waals surface area contributed by atoms with Crippen LogP contribution in [0.5, 0.6) is 0 Å². The van der Waals surface area contributed by atoms with Crippen molar-refractivity contribution in [3.63, 3.8) is 0 Å². The highest BCUT2D eigenvalue weighted by atomic mass is 35.5. The number of aldehydes is 2. The van der Waals surface area contributed by atoms with Gasteiger partial charge in [-0.1, -0.05) is 23.2 Å². The average Bonchev–Trinajstić information content (AvgIpc) is 2.94.